The van der Waals surface area contributed by atoms with Crippen LogP contribution in [0, 0.1) is 0 Å². The molecule has 0 bridgehead atoms. The third-order valence-corrected chi connectivity index (χ3v) is 13.4. The molecule has 200 valence electrons. The summed E-state index contributed by atoms with van der Waals surface area (Å²) in [6.07, 6.45) is 0. The molecule has 0 spiro atoms. The van der Waals surface area contributed by atoms with Gasteiger partial charge in [-0.2, -0.15) is 0 Å². The fraction of sp³-hybridized carbons (Fsp3) is 0.357. The Balaban J connectivity index is 1.43. The Hall–Kier alpha value is -1.50. The number of rotatable bonds is 12. The minimum absolute atomic E-state index is 0.583. The molecule has 0 aliphatic rings. The predicted molar refractivity (Wildman–Crippen MR) is 171 cm³/mol. The van der Waals surface area contributed by atoms with Crippen molar-refractivity contribution in [1.82, 2.24) is 0 Å². The number of hydrogen-bond donors (Lipinski definition) is 0. The maximum absolute atomic E-state index is 6.32. The van der Waals surface area contributed by atoms with Crippen LogP contribution in [0.25, 0.3) is 49.1 Å². The van der Waals surface area contributed by atoms with E-state index in [1.807, 2.05) is 73.0 Å². The van der Waals surface area contributed by atoms with Gasteiger partial charge in [0.15, 0.2) is 11.5 Å². The fourth-order valence-corrected chi connectivity index (χ4v) is 12.3. The second-order valence-corrected chi connectivity index (χ2v) is 15.0. The van der Waals surface area contributed by atoms with E-state index in [9.17, 15) is 0 Å². The Bertz CT molecular complexity index is 1610. The van der Waals surface area contributed by atoms with Crippen LogP contribution in [0.5, 0.6) is 0 Å². The molecule has 0 saturated carbocycles. The van der Waals surface area contributed by atoms with Crippen molar-refractivity contribution in [3.63, 3.8) is 0 Å². The zero-order valence-electron chi connectivity index (χ0n) is 21.6. The van der Waals surface area contributed by atoms with Crippen LogP contribution in [0.2, 0.25) is 0 Å². The first-order valence-electron chi connectivity index (χ1n) is 12.7. The second kappa shape index (κ2) is 11.5. The molecule has 0 aromatic carbocycles. The SMILES string of the molecule is CCOCc1cc2sc3cc(/C(OCC)=C(\OCC)c4cc5sc6cc(COCC)sc6c5s4)sc3c2s1. The molecule has 6 aromatic rings. The zero-order chi connectivity index (χ0) is 26.2. The van der Waals surface area contributed by atoms with E-state index in [1.165, 1.54) is 47.4 Å². The van der Waals surface area contributed by atoms with Gasteiger partial charge in [0.05, 0.1) is 55.0 Å². The lowest BCUT2D eigenvalue weighted by atomic mass is 10.3. The maximum atomic E-state index is 6.32. The fourth-order valence-electron chi connectivity index (χ4n) is 4.32. The van der Waals surface area contributed by atoms with Crippen molar-refractivity contribution in [2.45, 2.75) is 40.9 Å². The molecule has 0 aliphatic carbocycles. The summed E-state index contributed by atoms with van der Waals surface area (Å²) in [5.41, 5.74) is 0. The lowest BCUT2D eigenvalue weighted by Gasteiger charge is -2.14. The van der Waals surface area contributed by atoms with E-state index < -0.39 is 0 Å². The highest BCUT2D eigenvalue weighted by Gasteiger charge is 2.23. The van der Waals surface area contributed by atoms with Crippen LogP contribution >= 0.6 is 68.0 Å². The summed E-state index contributed by atoms with van der Waals surface area (Å²) in [6.45, 7) is 12.2. The summed E-state index contributed by atoms with van der Waals surface area (Å²) in [6, 6.07) is 9.11. The lowest BCUT2D eigenvalue weighted by molar-refractivity contribution is 0.136. The van der Waals surface area contributed by atoms with E-state index in [2.05, 4.69) is 24.3 Å². The number of hydrogen-bond acceptors (Lipinski definition) is 10. The summed E-state index contributed by atoms with van der Waals surface area (Å²) in [5.74, 6) is 1.69. The van der Waals surface area contributed by atoms with E-state index in [0.717, 1.165) is 34.5 Å². The monoisotopic (exact) mass is 620 g/mol. The van der Waals surface area contributed by atoms with Crippen LogP contribution in [-0.4, -0.2) is 26.4 Å². The summed E-state index contributed by atoms with van der Waals surface area (Å²) < 4.78 is 34.6. The largest absolute Gasteiger partial charge is 0.488 e. The molecule has 0 aliphatic heterocycles. The van der Waals surface area contributed by atoms with Crippen molar-refractivity contribution in [3.8, 4) is 0 Å². The minimum Gasteiger partial charge on any atom is -0.488 e. The number of ether oxygens (including phenoxy) is 4. The molecule has 0 saturated heterocycles. The molecule has 0 atom stereocenters. The standard InChI is InChI=1S/C28H28O4S6/c1-5-29-13-15-9-19-25(33-15)27-21(35-19)11-17(37-27)23(31-7-3)24(32-8-4)18-12-22-28(38-18)26-20(36-22)10-16(34-26)14-30-6-2/h9-12H,5-8,13-14H2,1-4H3/b24-23+. The van der Waals surface area contributed by atoms with Gasteiger partial charge in [0.2, 0.25) is 0 Å². The summed E-state index contributed by atoms with van der Waals surface area (Å²) >= 11 is 11.0. The highest BCUT2D eigenvalue weighted by atomic mass is 32.1. The van der Waals surface area contributed by atoms with Crippen LogP contribution in [0.1, 0.15) is 47.2 Å². The Kier molecular flexibility index (Phi) is 8.11. The van der Waals surface area contributed by atoms with E-state index in [4.69, 9.17) is 18.9 Å². The first-order valence-corrected chi connectivity index (χ1v) is 17.6. The smallest absolute Gasteiger partial charge is 0.179 e. The van der Waals surface area contributed by atoms with Crippen LogP contribution < -0.4 is 0 Å². The third kappa shape index (κ3) is 4.94. The van der Waals surface area contributed by atoms with E-state index in [1.54, 1.807) is 22.7 Å². The lowest BCUT2D eigenvalue weighted by Crippen LogP contribution is -1.98. The second-order valence-electron chi connectivity index (χ2n) is 8.42. The molecule has 0 fully saturated rings. The van der Waals surface area contributed by atoms with Gasteiger partial charge in [-0.15, -0.1) is 68.0 Å². The maximum Gasteiger partial charge on any atom is 0.179 e. The van der Waals surface area contributed by atoms with Crippen LogP contribution in [-0.2, 0) is 32.2 Å². The van der Waals surface area contributed by atoms with Gasteiger partial charge < -0.3 is 18.9 Å². The van der Waals surface area contributed by atoms with Crippen molar-refractivity contribution in [2.24, 2.45) is 0 Å². The number of fused-ring (bicyclic) bond motifs is 6. The predicted octanol–water partition coefficient (Wildman–Crippen LogP) is 10.6. The molecule has 6 heterocycles. The quantitative estimate of drug-likeness (QED) is 0.128. The third-order valence-electron chi connectivity index (χ3n) is 5.87. The van der Waals surface area contributed by atoms with E-state index in [0.29, 0.717) is 26.4 Å². The van der Waals surface area contributed by atoms with Crippen molar-refractivity contribution in [2.75, 3.05) is 26.4 Å². The summed E-state index contributed by atoms with van der Waals surface area (Å²) in [5, 5.41) is 0. The summed E-state index contributed by atoms with van der Waals surface area (Å²) in [4.78, 5) is 4.80. The molecular weight excluding hydrogens is 593 g/mol. The van der Waals surface area contributed by atoms with Gasteiger partial charge in [-0.25, -0.2) is 0 Å². The number of thiophene rings is 6. The Labute approximate surface area is 245 Å². The summed E-state index contributed by atoms with van der Waals surface area (Å²) in [7, 11) is 0. The zero-order valence-corrected chi connectivity index (χ0v) is 26.5. The van der Waals surface area contributed by atoms with Gasteiger partial charge >= 0.3 is 0 Å². The molecule has 0 amide bonds. The molecule has 4 nitrogen and oxygen atoms in total. The van der Waals surface area contributed by atoms with E-state index in [-0.39, 0.29) is 0 Å². The molecular formula is C28H28O4S6. The molecule has 6 rings (SSSR count). The van der Waals surface area contributed by atoms with Crippen molar-refractivity contribution in [1.29, 1.82) is 0 Å². The van der Waals surface area contributed by atoms with Crippen molar-refractivity contribution in [3.05, 3.63) is 43.8 Å². The Morgan fingerprint density at radius 1 is 0.500 bits per heavy atom. The first-order chi connectivity index (χ1) is 18.6. The van der Waals surface area contributed by atoms with Gasteiger partial charge in [0.25, 0.3) is 0 Å². The molecule has 38 heavy (non-hydrogen) atoms. The van der Waals surface area contributed by atoms with Crippen LogP contribution in [0.3, 0.4) is 0 Å². The first kappa shape index (κ1) is 26.7. The highest BCUT2D eigenvalue weighted by molar-refractivity contribution is 7.39. The molecule has 6 aromatic heterocycles. The highest BCUT2D eigenvalue weighted by Crippen LogP contribution is 2.49. The van der Waals surface area contributed by atoms with Gasteiger partial charge in [0.1, 0.15) is 0 Å². The molecule has 10 heteroatoms. The van der Waals surface area contributed by atoms with E-state index >= 15 is 0 Å². The van der Waals surface area contributed by atoms with Crippen LogP contribution in [0.15, 0.2) is 24.3 Å². The molecule has 0 unspecified atom stereocenters. The van der Waals surface area contributed by atoms with Gasteiger partial charge in [-0.1, -0.05) is 0 Å². The normalized spacial score (nSPS) is 12.9. The van der Waals surface area contributed by atoms with Gasteiger partial charge in [-0.05, 0) is 52.0 Å². The minimum atomic E-state index is 0.583. The molecule has 0 radical (unpaired) electrons. The average molecular weight is 621 g/mol. The van der Waals surface area contributed by atoms with Crippen molar-refractivity contribution >= 4 is 117 Å². The Morgan fingerprint density at radius 3 is 1.29 bits per heavy atom. The van der Waals surface area contributed by atoms with Gasteiger partial charge in [-0.3, -0.25) is 0 Å². The van der Waals surface area contributed by atoms with Crippen molar-refractivity contribution < 1.29 is 18.9 Å². The molecule has 0 N–H and O–H groups in total. The van der Waals surface area contributed by atoms with Crippen LogP contribution in [0.4, 0.5) is 0 Å². The average Bonchev–Trinajstić information content (AvgIpc) is 3.72. The van der Waals surface area contributed by atoms with Gasteiger partial charge in [0, 0.05) is 41.8 Å². The topological polar surface area (TPSA) is 36.9 Å². The Morgan fingerprint density at radius 2 is 0.895 bits per heavy atom.